The van der Waals surface area contributed by atoms with Crippen molar-refractivity contribution in [1.82, 2.24) is 4.90 Å². The molecule has 0 amide bonds. The third kappa shape index (κ3) is 4.44. The van der Waals surface area contributed by atoms with E-state index in [0.29, 0.717) is 6.42 Å². The fraction of sp³-hybridized carbons (Fsp3) is 0.500. The molecule has 5 heteroatoms. The van der Waals surface area contributed by atoms with Gasteiger partial charge in [-0.2, -0.15) is 0 Å². The van der Waals surface area contributed by atoms with Gasteiger partial charge in [-0.05, 0) is 31.7 Å². The normalized spacial score (nSPS) is 12.3. The molecule has 0 aliphatic carbocycles. The molecule has 3 N–H and O–H groups in total. The molecular formula is C14H23N3O2. The Morgan fingerprint density at radius 3 is 2.47 bits per heavy atom. The van der Waals surface area contributed by atoms with Crippen LogP contribution in [-0.2, 0) is 6.54 Å². The van der Waals surface area contributed by atoms with E-state index in [4.69, 9.17) is 20.6 Å². The minimum atomic E-state index is 0.215. The van der Waals surface area contributed by atoms with Crippen molar-refractivity contribution in [3.63, 3.8) is 0 Å². The summed E-state index contributed by atoms with van der Waals surface area (Å²) in [6, 6.07) is 6.11. The molecule has 0 aromatic heterocycles. The second-order valence-corrected chi connectivity index (χ2v) is 4.68. The van der Waals surface area contributed by atoms with E-state index < -0.39 is 0 Å². The topological polar surface area (TPSA) is 71.6 Å². The number of hydrogen-bond donors (Lipinski definition) is 2. The first-order valence-corrected chi connectivity index (χ1v) is 6.22. The Morgan fingerprint density at radius 1 is 1.32 bits per heavy atom. The average Bonchev–Trinajstić information content (AvgIpc) is 2.37. The predicted molar refractivity (Wildman–Crippen MR) is 77.0 cm³/mol. The summed E-state index contributed by atoms with van der Waals surface area (Å²) in [5.41, 5.74) is 6.56. The molecule has 0 fully saturated rings. The molecule has 1 atom stereocenters. The van der Waals surface area contributed by atoms with Crippen LogP contribution in [0.25, 0.3) is 0 Å². The molecule has 0 saturated heterocycles. The minimum absolute atomic E-state index is 0.215. The van der Waals surface area contributed by atoms with Gasteiger partial charge >= 0.3 is 0 Å². The first kappa shape index (κ1) is 15.3. The molecule has 106 valence electrons. The average molecular weight is 265 g/mol. The Labute approximate surface area is 114 Å². The van der Waals surface area contributed by atoms with Crippen LogP contribution < -0.4 is 15.2 Å². The zero-order valence-electron chi connectivity index (χ0n) is 12.1. The lowest BCUT2D eigenvalue weighted by molar-refractivity contribution is 0.254. The zero-order chi connectivity index (χ0) is 14.4. The third-order valence-electron chi connectivity index (χ3n) is 3.15. The molecule has 0 spiro atoms. The van der Waals surface area contributed by atoms with Crippen LogP contribution in [0.3, 0.4) is 0 Å². The number of nitrogens with one attached hydrogen (secondary N) is 1. The van der Waals surface area contributed by atoms with Gasteiger partial charge in [-0.1, -0.05) is 6.07 Å². The van der Waals surface area contributed by atoms with E-state index in [9.17, 15) is 0 Å². The predicted octanol–water partition coefficient (Wildman–Crippen LogP) is 1.85. The molecule has 19 heavy (non-hydrogen) atoms. The molecule has 5 nitrogen and oxygen atoms in total. The van der Waals surface area contributed by atoms with Crippen LogP contribution in [0.5, 0.6) is 11.5 Å². The summed E-state index contributed by atoms with van der Waals surface area (Å²) >= 11 is 0. The van der Waals surface area contributed by atoms with E-state index in [1.807, 2.05) is 25.2 Å². The summed E-state index contributed by atoms with van der Waals surface area (Å²) in [6.45, 7) is 2.83. The van der Waals surface area contributed by atoms with Crippen LogP contribution in [0.1, 0.15) is 18.9 Å². The molecule has 1 aromatic rings. The van der Waals surface area contributed by atoms with Crippen molar-refractivity contribution in [3.8, 4) is 11.5 Å². The molecular weight excluding hydrogens is 242 g/mol. The lowest BCUT2D eigenvalue weighted by atomic mass is 10.1. The number of benzene rings is 1. The van der Waals surface area contributed by atoms with Crippen molar-refractivity contribution in [2.45, 2.75) is 25.9 Å². The van der Waals surface area contributed by atoms with Crippen molar-refractivity contribution in [2.24, 2.45) is 5.73 Å². The summed E-state index contributed by atoms with van der Waals surface area (Å²) in [5, 5.41) is 7.33. The lowest BCUT2D eigenvalue weighted by Crippen LogP contribution is -2.32. The largest absolute Gasteiger partial charge is 0.493 e. The summed E-state index contributed by atoms with van der Waals surface area (Å²) in [4.78, 5) is 2.16. The van der Waals surface area contributed by atoms with Crippen molar-refractivity contribution >= 4 is 5.84 Å². The molecule has 1 unspecified atom stereocenters. The van der Waals surface area contributed by atoms with Crippen LogP contribution in [0.2, 0.25) is 0 Å². The number of amidine groups is 1. The van der Waals surface area contributed by atoms with E-state index in [0.717, 1.165) is 23.6 Å². The molecule has 0 aliphatic heterocycles. The third-order valence-corrected chi connectivity index (χ3v) is 3.15. The van der Waals surface area contributed by atoms with Gasteiger partial charge in [0.05, 0.1) is 20.1 Å². The van der Waals surface area contributed by atoms with Crippen molar-refractivity contribution < 1.29 is 9.47 Å². The number of hydrogen-bond acceptors (Lipinski definition) is 4. The molecule has 0 saturated carbocycles. The number of ether oxygens (including phenoxy) is 2. The summed E-state index contributed by atoms with van der Waals surface area (Å²) in [5.74, 6) is 1.67. The Hall–Kier alpha value is -1.75. The van der Waals surface area contributed by atoms with E-state index in [1.54, 1.807) is 14.2 Å². The highest BCUT2D eigenvalue weighted by Crippen LogP contribution is 2.28. The van der Waals surface area contributed by atoms with Crippen LogP contribution in [0.15, 0.2) is 18.2 Å². The van der Waals surface area contributed by atoms with Crippen LogP contribution >= 0.6 is 0 Å². The molecule has 1 aromatic carbocycles. The quantitative estimate of drug-likeness (QED) is 0.583. The van der Waals surface area contributed by atoms with Crippen molar-refractivity contribution in [1.29, 1.82) is 5.41 Å². The SMILES string of the molecule is COc1ccc(CN(C)C(C)CC(=N)N)cc1OC. The number of methoxy groups -OCH3 is 2. The summed E-state index contributed by atoms with van der Waals surface area (Å²) in [7, 11) is 5.27. The van der Waals surface area contributed by atoms with Gasteiger partial charge in [0.2, 0.25) is 0 Å². The lowest BCUT2D eigenvalue weighted by Gasteiger charge is -2.24. The molecule has 0 bridgehead atoms. The first-order valence-electron chi connectivity index (χ1n) is 6.22. The number of rotatable bonds is 7. The minimum Gasteiger partial charge on any atom is -0.493 e. The van der Waals surface area contributed by atoms with Crippen molar-refractivity contribution in [2.75, 3.05) is 21.3 Å². The standard InChI is InChI=1S/C14H23N3O2/c1-10(7-14(15)16)17(2)9-11-5-6-12(18-3)13(8-11)19-4/h5-6,8,10H,7,9H2,1-4H3,(H3,15,16). The maximum Gasteiger partial charge on any atom is 0.161 e. The Bertz CT molecular complexity index is 435. The second kappa shape index (κ2) is 6.99. The van der Waals surface area contributed by atoms with E-state index in [-0.39, 0.29) is 11.9 Å². The van der Waals surface area contributed by atoms with Crippen molar-refractivity contribution in [3.05, 3.63) is 23.8 Å². The van der Waals surface area contributed by atoms with Gasteiger partial charge in [0.15, 0.2) is 11.5 Å². The maximum absolute atomic E-state index is 7.33. The monoisotopic (exact) mass is 265 g/mol. The van der Waals surface area contributed by atoms with Crippen LogP contribution in [0, 0.1) is 5.41 Å². The summed E-state index contributed by atoms with van der Waals surface area (Å²) < 4.78 is 10.5. The maximum atomic E-state index is 7.33. The van der Waals surface area contributed by atoms with E-state index >= 15 is 0 Å². The van der Waals surface area contributed by atoms with E-state index in [2.05, 4.69) is 11.8 Å². The first-order chi connectivity index (χ1) is 8.97. The summed E-state index contributed by atoms with van der Waals surface area (Å²) in [6.07, 6.45) is 0.573. The second-order valence-electron chi connectivity index (χ2n) is 4.68. The van der Waals surface area contributed by atoms with Crippen LogP contribution in [0.4, 0.5) is 0 Å². The fourth-order valence-corrected chi connectivity index (χ4v) is 1.90. The molecule has 0 aliphatic rings. The highest BCUT2D eigenvalue weighted by molar-refractivity contribution is 5.77. The van der Waals surface area contributed by atoms with Gasteiger partial charge in [-0.3, -0.25) is 10.3 Å². The molecule has 0 radical (unpaired) electrons. The zero-order valence-corrected chi connectivity index (χ0v) is 12.1. The highest BCUT2D eigenvalue weighted by Gasteiger charge is 2.12. The van der Waals surface area contributed by atoms with Crippen LogP contribution in [-0.4, -0.2) is 38.0 Å². The smallest absolute Gasteiger partial charge is 0.161 e. The number of nitrogens with two attached hydrogens (primary N) is 1. The molecule has 1 rings (SSSR count). The van der Waals surface area contributed by atoms with E-state index in [1.165, 1.54) is 0 Å². The van der Waals surface area contributed by atoms with Gasteiger partial charge < -0.3 is 15.2 Å². The Kier molecular flexibility index (Phi) is 5.63. The van der Waals surface area contributed by atoms with Gasteiger partial charge in [-0.15, -0.1) is 0 Å². The Balaban J connectivity index is 2.73. The van der Waals surface area contributed by atoms with Gasteiger partial charge in [0, 0.05) is 19.0 Å². The highest BCUT2D eigenvalue weighted by atomic mass is 16.5. The van der Waals surface area contributed by atoms with Gasteiger partial charge in [0.1, 0.15) is 0 Å². The Morgan fingerprint density at radius 2 is 1.95 bits per heavy atom. The molecule has 0 heterocycles. The number of nitrogens with zero attached hydrogens (tertiary/aromatic N) is 1. The van der Waals surface area contributed by atoms with Gasteiger partial charge in [0.25, 0.3) is 0 Å². The fourth-order valence-electron chi connectivity index (χ4n) is 1.90. The van der Waals surface area contributed by atoms with Gasteiger partial charge in [-0.25, -0.2) is 0 Å².